The molecule has 0 amide bonds. The van der Waals surface area contributed by atoms with Crippen LogP contribution in [-0.4, -0.2) is 29.7 Å². The van der Waals surface area contributed by atoms with E-state index >= 15 is 0 Å². The van der Waals surface area contributed by atoms with E-state index in [1.54, 1.807) is 0 Å². The van der Waals surface area contributed by atoms with Crippen molar-refractivity contribution in [2.45, 2.75) is 37.3 Å². The zero-order valence-electron chi connectivity index (χ0n) is 11.7. The maximum Gasteiger partial charge on any atom is 0.0728 e. The van der Waals surface area contributed by atoms with Crippen molar-refractivity contribution in [2.24, 2.45) is 0 Å². The van der Waals surface area contributed by atoms with E-state index in [2.05, 4.69) is 50.5 Å². The number of rotatable bonds is 4. The van der Waals surface area contributed by atoms with Crippen LogP contribution in [0.3, 0.4) is 0 Å². The minimum atomic E-state index is -0.268. The molecule has 1 aromatic carbocycles. The van der Waals surface area contributed by atoms with Gasteiger partial charge in [0.2, 0.25) is 0 Å². The predicted molar refractivity (Wildman–Crippen MR) is 83.2 cm³/mol. The van der Waals surface area contributed by atoms with Crippen molar-refractivity contribution >= 4 is 9.24 Å². The largest absolute Gasteiger partial charge is 0.303 e. The van der Waals surface area contributed by atoms with Crippen LogP contribution in [0.2, 0.25) is 0 Å². The quantitative estimate of drug-likeness (QED) is 0.787. The Kier molecular flexibility index (Phi) is 4.97. The molecule has 1 aliphatic rings. The van der Waals surface area contributed by atoms with Gasteiger partial charge in [0.1, 0.15) is 0 Å². The lowest BCUT2D eigenvalue weighted by molar-refractivity contribution is 0.207. The normalized spacial score (nSPS) is 20.7. The van der Waals surface area contributed by atoms with Crippen molar-refractivity contribution in [3.63, 3.8) is 0 Å². The van der Waals surface area contributed by atoms with Crippen molar-refractivity contribution < 1.29 is 0 Å². The highest BCUT2D eigenvalue weighted by Gasteiger charge is 2.23. The van der Waals surface area contributed by atoms with Gasteiger partial charge in [0, 0.05) is 0 Å². The summed E-state index contributed by atoms with van der Waals surface area (Å²) in [6.07, 6.45) is 3.42. The van der Waals surface area contributed by atoms with Crippen LogP contribution in [0.1, 0.15) is 37.7 Å². The van der Waals surface area contributed by atoms with Gasteiger partial charge in [-0.05, 0) is 57.3 Å². The zero-order chi connectivity index (χ0) is 13.7. The Bertz CT molecular complexity index is 428. The Hall–Kier alpha value is -0.900. The molecule has 2 rings (SSSR count). The molecule has 1 aliphatic heterocycles. The predicted octanol–water partition coefficient (Wildman–Crippen LogP) is 3.41. The Morgan fingerprint density at radius 1 is 1.32 bits per heavy atom. The van der Waals surface area contributed by atoms with Gasteiger partial charge in [-0.15, -0.1) is 9.24 Å². The van der Waals surface area contributed by atoms with Crippen molar-refractivity contribution in [2.75, 3.05) is 19.6 Å². The smallest absolute Gasteiger partial charge is 0.0728 e. The summed E-state index contributed by atoms with van der Waals surface area (Å²) in [7, 11) is 2.67. The molecule has 0 saturated carbocycles. The first-order valence-corrected chi connectivity index (χ1v) is 7.66. The molecule has 0 spiro atoms. The maximum absolute atomic E-state index is 9.02. The minimum absolute atomic E-state index is 0.268. The van der Waals surface area contributed by atoms with Gasteiger partial charge >= 0.3 is 0 Å². The number of nitrogens with zero attached hydrogens (tertiary/aromatic N) is 2. The lowest BCUT2D eigenvalue weighted by Crippen LogP contribution is -2.35. The average molecular weight is 274 g/mol. The first kappa shape index (κ1) is 14.5. The molecular formula is C16H23N2P. The van der Waals surface area contributed by atoms with Crippen LogP contribution in [0, 0.1) is 11.3 Å². The Labute approximate surface area is 119 Å². The van der Waals surface area contributed by atoms with E-state index in [4.69, 9.17) is 5.26 Å². The standard InChI is InChI=1S/C16H23N2P/c1-16(19,13-17)9-12-18-10-7-15(8-11-18)14-5-3-2-4-6-14/h2-6,15H,7-12,19H2,1H3. The first-order valence-electron chi connectivity index (χ1n) is 7.08. The molecular weight excluding hydrogens is 251 g/mol. The molecule has 2 atom stereocenters. The van der Waals surface area contributed by atoms with Gasteiger partial charge in [-0.3, -0.25) is 0 Å². The summed E-state index contributed by atoms with van der Waals surface area (Å²) in [6.45, 7) is 5.35. The SMILES string of the molecule is CC(P)(C#N)CCN1CCC(c2ccccc2)CC1. The van der Waals surface area contributed by atoms with E-state index in [1.165, 1.54) is 18.4 Å². The number of piperidine rings is 1. The van der Waals surface area contributed by atoms with Crippen LogP contribution < -0.4 is 0 Å². The molecule has 19 heavy (non-hydrogen) atoms. The molecule has 1 saturated heterocycles. The number of benzene rings is 1. The third-order valence-corrected chi connectivity index (χ3v) is 4.48. The van der Waals surface area contributed by atoms with Crippen LogP contribution in [0.4, 0.5) is 0 Å². The van der Waals surface area contributed by atoms with Crippen molar-refractivity contribution in [1.82, 2.24) is 4.90 Å². The summed E-state index contributed by atoms with van der Waals surface area (Å²) in [4.78, 5) is 2.50. The monoisotopic (exact) mass is 274 g/mol. The molecule has 3 heteroatoms. The summed E-state index contributed by atoms with van der Waals surface area (Å²) < 4.78 is 0. The molecule has 1 aromatic rings. The van der Waals surface area contributed by atoms with Crippen LogP contribution in [0.15, 0.2) is 30.3 Å². The van der Waals surface area contributed by atoms with Crippen LogP contribution >= 0.6 is 9.24 Å². The molecule has 0 bridgehead atoms. The number of nitriles is 1. The Morgan fingerprint density at radius 3 is 2.53 bits per heavy atom. The highest BCUT2D eigenvalue weighted by molar-refractivity contribution is 7.19. The molecule has 2 nitrogen and oxygen atoms in total. The molecule has 0 aromatic heterocycles. The fourth-order valence-electron chi connectivity index (χ4n) is 2.66. The summed E-state index contributed by atoms with van der Waals surface area (Å²) in [5.74, 6) is 0.718. The van der Waals surface area contributed by atoms with E-state index in [-0.39, 0.29) is 5.16 Å². The van der Waals surface area contributed by atoms with Gasteiger partial charge in [0.05, 0.1) is 11.2 Å². The number of likely N-dealkylation sites (tertiary alicyclic amines) is 1. The molecule has 1 fully saturated rings. The molecule has 102 valence electrons. The molecule has 2 unspecified atom stereocenters. The Balaban J connectivity index is 1.79. The number of hydrogen-bond acceptors (Lipinski definition) is 2. The molecule has 0 aliphatic carbocycles. The zero-order valence-corrected chi connectivity index (χ0v) is 12.8. The summed E-state index contributed by atoms with van der Waals surface area (Å²) >= 11 is 0. The maximum atomic E-state index is 9.02. The van der Waals surface area contributed by atoms with Crippen molar-refractivity contribution in [3.05, 3.63) is 35.9 Å². The topological polar surface area (TPSA) is 27.0 Å². The Morgan fingerprint density at radius 2 is 1.95 bits per heavy atom. The highest BCUT2D eigenvalue weighted by atomic mass is 31.0. The third kappa shape index (κ3) is 4.30. The average Bonchev–Trinajstić information content (AvgIpc) is 2.47. The van der Waals surface area contributed by atoms with Crippen LogP contribution in [0.5, 0.6) is 0 Å². The number of hydrogen-bond donors (Lipinski definition) is 0. The van der Waals surface area contributed by atoms with Gasteiger partial charge in [-0.2, -0.15) is 5.26 Å². The van der Waals surface area contributed by atoms with Crippen LogP contribution in [-0.2, 0) is 0 Å². The fraction of sp³-hybridized carbons (Fsp3) is 0.562. The first-order chi connectivity index (χ1) is 9.11. The van der Waals surface area contributed by atoms with Gasteiger partial charge in [0.15, 0.2) is 0 Å². The second-order valence-electron chi connectivity index (χ2n) is 5.81. The minimum Gasteiger partial charge on any atom is -0.303 e. The second kappa shape index (κ2) is 6.51. The summed E-state index contributed by atoms with van der Waals surface area (Å²) in [5, 5.41) is 8.76. The van der Waals surface area contributed by atoms with E-state index in [1.807, 2.05) is 6.92 Å². The van der Waals surface area contributed by atoms with Crippen LogP contribution in [0.25, 0.3) is 0 Å². The van der Waals surface area contributed by atoms with E-state index < -0.39 is 0 Å². The second-order valence-corrected chi connectivity index (χ2v) is 7.08. The van der Waals surface area contributed by atoms with Gasteiger partial charge in [-0.25, -0.2) is 0 Å². The van der Waals surface area contributed by atoms with Gasteiger partial charge < -0.3 is 4.90 Å². The van der Waals surface area contributed by atoms with Crippen molar-refractivity contribution in [1.29, 1.82) is 5.26 Å². The summed E-state index contributed by atoms with van der Waals surface area (Å²) in [5.41, 5.74) is 1.48. The molecule has 0 N–H and O–H groups in total. The van der Waals surface area contributed by atoms with Crippen molar-refractivity contribution in [3.8, 4) is 6.07 Å². The summed E-state index contributed by atoms with van der Waals surface area (Å²) in [6, 6.07) is 13.2. The van der Waals surface area contributed by atoms with Gasteiger partial charge in [-0.1, -0.05) is 30.3 Å². The lowest BCUT2D eigenvalue weighted by Gasteiger charge is -2.33. The molecule has 0 radical (unpaired) electrons. The van der Waals surface area contributed by atoms with E-state index in [9.17, 15) is 0 Å². The fourth-order valence-corrected chi connectivity index (χ4v) is 2.79. The van der Waals surface area contributed by atoms with E-state index in [0.717, 1.165) is 32.0 Å². The lowest BCUT2D eigenvalue weighted by atomic mass is 9.89. The molecule has 1 heterocycles. The van der Waals surface area contributed by atoms with Gasteiger partial charge in [0.25, 0.3) is 0 Å². The third-order valence-electron chi connectivity index (χ3n) is 4.06. The van der Waals surface area contributed by atoms with E-state index in [0.29, 0.717) is 0 Å². The highest BCUT2D eigenvalue weighted by Crippen LogP contribution is 2.29.